The van der Waals surface area contributed by atoms with Gasteiger partial charge >= 0.3 is 0 Å². The minimum Gasteiger partial charge on any atom is -0.394 e. The van der Waals surface area contributed by atoms with Crippen LogP contribution >= 0.6 is 0 Å². The molecule has 7 heteroatoms. The Morgan fingerprint density at radius 2 is 1.55 bits per heavy atom. The third kappa shape index (κ3) is 11.9. The Bertz CT molecular complexity index is 555. The van der Waals surface area contributed by atoms with Crippen molar-refractivity contribution in [1.82, 2.24) is 0 Å². The fraction of sp³-hybridized carbons (Fsp3) is 0.923. The summed E-state index contributed by atoms with van der Waals surface area (Å²) in [5.74, 6) is 2.38. The molecule has 7 unspecified atom stereocenters. The van der Waals surface area contributed by atoms with Crippen molar-refractivity contribution < 1.29 is 24.8 Å². The van der Waals surface area contributed by atoms with Gasteiger partial charge in [-0.3, -0.25) is 0 Å². The number of aliphatic hydroxyl groups is 3. The first kappa shape index (κ1) is 30.2. The van der Waals surface area contributed by atoms with Gasteiger partial charge in [-0.05, 0) is 37.5 Å². The van der Waals surface area contributed by atoms with Gasteiger partial charge in [0.2, 0.25) is 0 Å². The molecule has 3 N–H and O–H groups in total. The Balaban J connectivity index is 2.22. The lowest BCUT2D eigenvalue weighted by molar-refractivity contribution is -0.272. The van der Waals surface area contributed by atoms with Crippen LogP contribution in [-0.4, -0.2) is 59.2 Å². The Labute approximate surface area is 200 Å². The van der Waals surface area contributed by atoms with Crippen molar-refractivity contribution >= 4 is 0 Å². The third-order valence-electron chi connectivity index (χ3n) is 6.80. The number of nitroso groups, excluding NO2 is 1. The highest BCUT2D eigenvalue weighted by molar-refractivity contribution is 4.99. The number of hydrogen-bond acceptors (Lipinski definition) is 7. The van der Waals surface area contributed by atoms with E-state index in [1.807, 2.05) is 6.08 Å². The molecule has 0 bridgehead atoms. The Morgan fingerprint density at radius 3 is 2.09 bits per heavy atom. The number of allylic oxidation sites excluding steroid dienone is 1. The van der Waals surface area contributed by atoms with Crippen molar-refractivity contribution in [2.45, 2.75) is 123 Å². The van der Waals surface area contributed by atoms with E-state index in [1.54, 1.807) is 0 Å². The van der Waals surface area contributed by atoms with Gasteiger partial charge in [-0.15, -0.1) is 0 Å². The normalized spacial score (nSPS) is 28.2. The second-order valence-corrected chi connectivity index (χ2v) is 10.5. The van der Waals surface area contributed by atoms with Gasteiger partial charge in [-0.25, -0.2) is 0 Å². The molecule has 1 rings (SSSR count). The molecule has 1 aliphatic rings. The van der Waals surface area contributed by atoms with Crippen LogP contribution in [0.5, 0.6) is 0 Å². The molecule has 0 amide bonds. The number of rotatable bonds is 17. The Hall–Kier alpha value is -0.860. The van der Waals surface area contributed by atoms with Crippen LogP contribution in [0.25, 0.3) is 0 Å². The first-order chi connectivity index (χ1) is 15.7. The van der Waals surface area contributed by atoms with Gasteiger partial charge in [-0.2, -0.15) is 4.91 Å². The molecule has 1 fully saturated rings. The molecule has 33 heavy (non-hydrogen) atoms. The average Bonchev–Trinajstić information content (AvgIpc) is 2.75. The summed E-state index contributed by atoms with van der Waals surface area (Å²) in [6.45, 7) is 11.1. The Morgan fingerprint density at radius 1 is 0.970 bits per heavy atom. The molecular formula is C26H49NO6. The SMILES string of the molecule is C/C(=C\COC1OC(CO)C(O)C(N=O)C1O)CCCC(C)CCCC(C)CCCC(C)C. The van der Waals surface area contributed by atoms with E-state index < -0.39 is 37.3 Å². The summed E-state index contributed by atoms with van der Waals surface area (Å²) in [5.41, 5.74) is 1.20. The van der Waals surface area contributed by atoms with Crippen LogP contribution in [0.1, 0.15) is 92.4 Å². The maximum Gasteiger partial charge on any atom is 0.186 e. The van der Waals surface area contributed by atoms with Crippen LogP contribution in [0.15, 0.2) is 16.8 Å². The van der Waals surface area contributed by atoms with Gasteiger partial charge in [-0.1, -0.05) is 89.5 Å². The molecule has 0 aromatic carbocycles. The second kappa shape index (κ2) is 16.7. The van der Waals surface area contributed by atoms with Crippen molar-refractivity contribution in [3.8, 4) is 0 Å². The van der Waals surface area contributed by atoms with Crippen LogP contribution < -0.4 is 0 Å². The molecular weight excluding hydrogens is 422 g/mol. The predicted molar refractivity (Wildman–Crippen MR) is 132 cm³/mol. The van der Waals surface area contributed by atoms with Gasteiger partial charge in [0, 0.05) is 0 Å². The molecule has 0 aromatic heterocycles. The zero-order valence-electron chi connectivity index (χ0n) is 21.5. The lowest BCUT2D eigenvalue weighted by Crippen LogP contribution is -2.58. The van der Waals surface area contributed by atoms with E-state index in [0.717, 1.165) is 30.6 Å². The monoisotopic (exact) mass is 471 g/mol. The molecule has 0 aromatic rings. The van der Waals surface area contributed by atoms with E-state index >= 15 is 0 Å². The molecule has 194 valence electrons. The summed E-state index contributed by atoms with van der Waals surface area (Å²) in [5, 5.41) is 32.1. The van der Waals surface area contributed by atoms with Gasteiger partial charge in [0.15, 0.2) is 12.3 Å². The molecule has 1 saturated heterocycles. The van der Waals surface area contributed by atoms with Crippen molar-refractivity contribution in [2.75, 3.05) is 13.2 Å². The fourth-order valence-corrected chi connectivity index (χ4v) is 4.42. The first-order valence-electron chi connectivity index (χ1n) is 12.9. The topological polar surface area (TPSA) is 109 Å². The van der Waals surface area contributed by atoms with Crippen molar-refractivity contribution in [2.24, 2.45) is 22.9 Å². The van der Waals surface area contributed by atoms with Crippen LogP contribution in [0.4, 0.5) is 0 Å². The molecule has 0 aliphatic carbocycles. The van der Waals surface area contributed by atoms with Gasteiger partial charge in [0.25, 0.3) is 0 Å². The highest BCUT2D eigenvalue weighted by atomic mass is 16.7. The van der Waals surface area contributed by atoms with Gasteiger partial charge < -0.3 is 24.8 Å². The quantitative estimate of drug-likeness (QED) is 0.204. The van der Waals surface area contributed by atoms with E-state index in [4.69, 9.17) is 9.47 Å². The summed E-state index contributed by atoms with van der Waals surface area (Å²) < 4.78 is 10.9. The number of nitrogens with zero attached hydrogens (tertiary/aromatic N) is 1. The van der Waals surface area contributed by atoms with E-state index in [2.05, 4.69) is 39.8 Å². The van der Waals surface area contributed by atoms with E-state index in [9.17, 15) is 20.2 Å². The standard InChI is InChI=1S/C26H49NO6/c1-18(2)9-6-10-19(3)11-7-12-20(4)13-8-14-21(5)15-16-32-26-25(30)23(27-31)24(29)22(17-28)33-26/h15,18-20,22-26,28-30H,6-14,16-17H2,1-5H3/b21-15+. The van der Waals surface area contributed by atoms with Crippen LogP contribution in [0.3, 0.4) is 0 Å². The lowest BCUT2D eigenvalue weighted by Gasteiger charge is -2.38. The van der Waals surface area contributed by atoms with Crippen LogP contribution in [0.2, 0.25) is 0 Å². The predicted octanol–water partition coefficient (Wildman–Crippen LogP) is 4.96. The second-order valence-electron chi connectivity index (χ2n) is 10.5. The zero-order valence-corrected chi connectivity index (χ0v) is 21.5. The summed E-state index contributed by atoms with van der Waals surface area (Å²) in [7, 11) is 0. The molecule has 7 atom stereocenters. The van der Waals surface area contributed by atoms with Crippen molar-refractivity contribution in [3.63, 3.8) is 0 Å². The number of aliphatic hydroxyl groups excluding tert-OH is 3. The maximum atomic E-state index is 10.9. The maximum absolute atomic E-state index is 10.9. The van der Waals surface area contributed by atoms with Crippen LogP contribution in [-0.2, 0) is 9.47 Å². The number of ether oxygens (including phenoxy) is 2. The third-order valence-corrected chi connectivity index (χ3v) is 6.80. The molecule has 7 nitrogen and oxygen atoms in total. The van der Waals surface area contributed by atoms with Crippen molar-refractivity contribution in [3.05, 3.63) is 16.6 Å². The molecule has 1 heterocycles. The minimum atomic E-state index is -1.37. The molecule has 0 radical (unpaired) electrons. The largest absolute Gasteiger partial charge is 0.394 e. The van der Waals surface area contributed by atoms with Crippen molar-refractivity contribution in [1.29, 1.82) is 0 Å². The van der Waals surface area contributed by atoms with E-state index in [-0.39, 0.29) is 6.61 Å². The summed E-state index contributed by atoms with van der Waals surface area (Å²) >= 11 is 0. The summed E-state index contributed by atoms with van der Waals surface area (Å²) in [4.78, 5) is 10.9. The highest BCUT2D eigenvalue weighted by Gasteiger charge is 2.45. The first-order valence-corrected chi connectivity index (χ1v) is 12.9. The highest BCUT2D eigenvalue weighted by Crippen LogP contribution is 2.25. The molecule has 0 saturated carbocycles. The van der Waals surface area contributed by atoms with Crippen LogP contribution in [0, 0.1) is 22.7 Å². The van der Waals surface area contributed by atoms with Gasteiger partial charge in [0.1, 0.15) is 18.3 Å². The smallest absolute Gasteiger partial charge is 0.186 e. The zero-order chi connectivity index (χ0) is 24.8. The van der Waals surface area contributed by atoms with E-state index in [0.29, 0.717) is 0 Å². The lowest BCUT2D eigenvalue weighted by atomic mass is 9.91. The average molecular weight is 472 g/mol. The van der Waals surface area contributed by atoms with Gasteiger partial charge in [0.05, 0.1) is 13.2 Å². The molecule has 0 spiro atoms. The van der Waals surface area contributed by atoms with E-state index in [1.165, 1.54) is 50.5 Å². The minimum absolute atomic E-state index is 0.220. The fourth-order valence-electron chi connectivity index (χ4n) is 4.42. The molecule has 1 aliphatic heterocycles. The number of hydrogen-bond donors (Lipinski definition) is 3. The Kier molecular flexibility index (Phi) is 15.3. The summed E-state index contributed by atoms with van der Waals surface area (Å²) in [6, 6.07) is -1.28. The summed E-state index contributed by atoms with van der Waals surface area (Å²) in [6.07, 6.45) is 8.45.